The minimum atomic E-state index is 0.103. The topological polar surface area (TPSA) is 41.6 Å². The molecule has 0 saturated heterocycles. The van der Waals surface area contributed by atoms with Crippen molar-refractivity contribution in [1.82, 2.24) is 4.90 Å². The van der Waals surface area contributed by atoms with Gasteiger partial charge in [-0.05, 0) is 19.8 Å². The summed E-state index contributed by atoms with van der Waals surface area (Å²) in [6.07, 6.45) is 46.8. The van der Waals surface area contributed by atoms with E-state index in [1.807, 2.05) is 0 Å². The van der Waals surface area contributed by atoms with E-state index in [4.69, 9.17) is 10.7 Å². The zero-order valence-electron chi connectivity index (χ0n) is 30.2. The molecule has 0 aromatic carbocycles. The normalized spacial score (nSPS) is 15.9. The molecule has 1 heterocycles. The minimum Gasteiger partial charge on any atom is -0.343 e. The molecule has 0 spiro atoms. The average molecular weight is 604 g/mol. The van der Waals surface area contributed by atoms with Gasteiger partial charge in [0.25, 0.3) is 0 Å². The van der Waals surface area contributed by atoms with Gasteiger partial charge in [-0.15, -0.1) is 0 Å². The maximum Gasteiger partial charge on any atom is 0.101 e. The van der Waals surface area contributed by atoms with E-state index in [1.165, 1.54) is 211 Å². The molecule has 0 saturated carbocycles. The second-order valence-electron chi connectivity index (χ2n) is 14.4. The third kappa shape index (κ3) is 25.3. The summed E-state index contributed by atoms with van der Waals surface area (Å²) >= 11 is 0. The molecule has 2 unspecified atom stereocenters. The van der Waals surface area contributed by atoms with Crippen molar-refractivity contribution >= 4 is 5.84 Å². The Kier molecular flexibility index (Phi) is 29.6. The van der Waals surface area contributed by atoms with Crippen molar-refractivity contribution in [2.24, 2.45) is 10.7 Å². The van der Waals surface area contributed by atoms with E-state index < -0.39 is 0 Å². The zero-order chi connectivity index (χ0) is 31.1. The van der Waals surface area contributed by atoms with E-state index in [9.17, 15) is 0 Å². The Morgan fingerprint density at radius 2 is 0.814 bits per heavy atom. The lowest BCUT2D eigenvalue weighted by atomic mass is 10.0. The summed E-state index contributed by atoms with van der Waals surface area (Å²) < 4.78 is 0. The van der Waals surface area contributed by atoms with Crippen LogP contribution in [0.15, 0.2) is 4.99 Å². The molecule has 2 N–H and O–H groups in total. The Hall–Kier alpha value is -0.570. The number of hydrogen-bond donors (Lipinski definition) is 1. The number of nitrogens with two attached hydrogens (primary N) is 1. The number of amidine groups is 1. The predicted molar refractivity (Wildman–Crippen MR) is 195 cm³/mol. The third-order valence-corrected chi connectivity index (χ3v) is 9.96. The molecule has 3 heteroatoms. The molecule has 1 aliphatic heterocycles. The van der Waals surface area contributed by atoms with Crippen LogP contribution in [0.2, 0.25) is 0 Å². The van der Waals surface area contributed by atoms with E-state index in [0.29, 0.717) is 6.04 Å². The Bertz CT molecular complexity index is 586. The van der Waals surface area contributed by atoms with Gasteiger partial charge in [0.15, 0.2) is 0 Å². The van der Waals surface area contributed by atoms with Crippen LogP contribution in [0.5, 0.6) is 0 Å². The van der Waals surface area contributed by atoms with Crippen LogP contribution < -0.4 is 5.73 Å². The van der Waals surface area contributed by atoms with Crippen molar-refractivity contribution in [1.29, 1.82) is 0 Å². The average Bonchev–Trinajstić information content (AvgIpc) is 3.42. The van der Waals surface area contributed by atoms with Crippen LogP contribution in [-0.2, 0) is 0 Å². The molecular weight excluding hydrogens is 522 g/mol. The fraction of sp³-hybridized carbons (Fsp3) is 0.975. The van der Waals surface area contributed by atoms with Gasteiger partial charge in [-0.1, -0.05) is 206 Å². The summed E-state index contributed by atoms with van der Waals surface area (Å²) in [5.74, 6) is 1.31. The van der Waals surface area contributed by atoms with Crippen molar-refractivity contribution in [3.8, 4) is 0 Å². The van der Waals surface area contributed by atoms with Gasteiger partial charge in [0.05, 0.1) is 12.2 Å². The largest absolute Gasteiger partial charge is 0.343 e. The Morgan fingerprint density at radius 1 is 0.512 bits per heavy atom. The molecule has 0 fully saturated rings. The van der Waals surface area contributed by atoms with Gasteiger partial charge in [0.2, 0.25) is 0 Å². The molecule has 43 heavy (non-hydrogen) atoms. The Labute approximate surface area is 272 Å². The Morgan fingerprint density at radius 3 is 1.14 bits per heavy atom. The quantitative estimate of drug-likeness (QED) is 0.0743. The zero-order valence-corrected chi connectivity index (χ0v) is 30.2. The summed E-state index contributed by atoms with van der Waals surface area (Å²) in [5, 5.41) is 0. The first kappa shape index (κ1) is 40.5. The van der Waals surface area contributed by atoms with Crippen LogP contribution in [0.25, 0.3) is 0 Å². The highest BCUT2D eigenvalue weighted by Crippen LogP contribution is 2.21. The highest BCUT2D eigenvalue weighted by atomic mass is 15.3. The van der Waals surface area contributed by atoms with Crippen LogP contribution in [0.1, 0.15) is 233 Å². The van der Waals surface area contributed by atoms with Gasteiger partial charge in [0.1, 0.15) is 5.84 Å². The van der Waals surface area contributed by atoms with Gasteiger partial charge in [-0.25, -0.2) is 0 Å². The van der Waals surface area contributed by atoms with E-state index in [2.05, 4.69) is 25.7 Å². The molecule has 0 aromatic heterocycles. The maximum absolute atomic E-state index is 6.34. The van der Waals surface area contributed by atoms with E-state index in [1.54, 1.807) is 0 Å². The minimum absolute atomic E-state index is 0.103. The van der Waals surface area contributed by atoms with Gasteiger partial charge in [-0.3, -0.25) is 4.99 Å². The van der Waals surface area contributed by atoms with Crippen molar-refractivity contribution in [3.63, 3.8) is 0 Å². The molecule has 1 aliphatic rings. The second-order valence-corrected chi connectivity index (χ2v) is 14.4. The van der Waals surface area contributed by atoms with Crippen molar-refractivity contribution in [3.05, 3.63) is 0 Å². The standard InChI is InChI=1S/C40H81N3/c1-4-6-8-10-12-14-16-18-20-22-23-25-27-29-31-33-35-39-37-43(38(3)41)40(42-39)36-34-32-30-28-26-24-21-19-17-15-13-11-9-7-5-2/h38-39H,4-37,41H2,1-3H3. The summed E-state index contributed by atoms with van der Waals surface area (Å²) in [7, 11) is 0. The van der Waals surface area contributed by atoms with Crippen molar-refractivity contribution < 1.29 is 0 Å². The monoisotopic (exact) mass is 604 g/mol. The molecule has 0 amide bonds. The number of unbranched alkanes of at least 4 members (excludes halogenated alkanes) is 29. The van der Waals surface area contributed by atoms with Crippen LogP contribution in [0, 0.1) is 0 Å². The summed E-state index contributed by atoms with van der Waals surface area (Å²) in [6.45, 7) is 7.81. The SMILES string of the molecule is CCCCCCCCCCCCCCCCCCC1CN(C(C)N)C(CCCCCCCCCCCCCCCCC)=N1. The summed E-state index contributed by atoms with van der Waals surface area (Å²) in [4.78, 5) is 7.57. The van der Waals surface area contributed by atoms with E-state index >= 15 is 0 Å². The van der Waals surface area contributed by atoms with Gasteiger partial charge < -0.3 is 10.6 Å². The molecule has 0 aromatic rings. The lowest BCUT2D eigenvalue weighted by Gasteiger charge is -2.25. The fourth-order valence-electron chi connectivity index (χ4n) is 7.01. The van der Waals surface area contributed by atoms with Crippen LogP contribution in [-0.4, -0.2) is 29.5 Å². The number of rotatable bonds is 34. The highest BCUT2D eigenvalue weighted by molar-refractivity contribution is 5.84. The number of aliphatic imine (C=N–C) groups is 1. The Balaban J connectivity index is 1.94. The van der Waals surface area contributed by atoms with Crippen LogP contribution in [0.4, 0.5) is 0 Å². The molecule has 0 bridgehead atoms. The molecule has 2 atom stereocenters. The fourth-order valence-corrected chi connectivity index (χ4v) is 7.01. The molecule has 0 radical (unpaired) electrons. The molecule has 256 valence electrons. The first-order chi connectivity index (χ1) is 21.2. The number of nitrogens with zero attached hydrogens (tertiary/aromatic N) is 2. The predicted octanol–water partition coefficient (Wildman–Crippen LogP) is 13.3. The smallest absolute Gasteiger partial charge is 0.101 e. The molecule has 0 aliphatic carbocycles. The first-order valence-corrected chi connectivity index (χ1v) is 20.3. The second kappa shape index (κ2) is 31.4. The summed E-state index contributed by atoms with van der Waals surface area (Å²) in [6, 6.07) is 0.490. The highest BCUT2D eigenvalue weighted by Gasteiger charge is 2.26. The van der Waals surface area contributed by atoms with Crippen molar-refractivity contribution in [2.45, 2.75) is 245 Å². The van der Waals surface area contributed by atoms with Gasteiger partial charge >= 0.3 is 0 Å². The van der Waals surface area contributed by atoms with Gasteiger partial charge in [0, 0.05) is 13.0 Å². The van der Waals surface area contributed by atoms with Gasteiger partial charge in [-0.2, -0.15) is 0 Å². The maximum atomic E-state index is 6.34. The van der Waals surface area contributed by atoms with Crippen LogP contribution in [0.3, 0.4) is 0 Å². The van der Waals surface area contributed by atoms with Crippen molar-refractivity contribution in [2.75, 3.05) is 6.54 Å². The summed E-state index contributed by atoms with van der Waals surface area (Å²) in [5.41, 5.74) is 6.34. The number of hydrogen-bond acceptors (Lipinski definition) is 3. The lowest BCUT2D eigenvalue weighted by molar-refractivity contribution is 0.332. The van der Waals surface area contributed by atoms with E-state index in [0.717, 1.165) is 13.0 Å². The first-order valence-electron chi connectivity index (χ1n) is 20.3. The van der Waals surface area contributed by atoms with Crippen LogP contribution >= 0.6 is 0 Å². The third-order valence-electron chi connectivity index (χ3n) is 9.96. The molecule has 1 rings (SSSR count). The lowest BCUT2D eigenvalue weighted by Crippen LogP contribution is -2.42. The van der Waals surface area contributed by atoms with E-state index in [-0.39, 0.29) is 6.17 Å². The molecule has 3 nitrogen and oxygen atoms in total. The molecular formula is C40H81N3.